The van der Waals surface area contributed by atoms with Crippen molar-refractivity contribution in [3.05, 3.63) is 59.1 Å². The highest BCUT2D eigenvalue weighted by atomic mass is 35.5. The summed E-state index contributed by atoms with van der Waals surface area (Å²) in [6.07, 6.45) is 0. The van der Waals surface area contributed by atoms with Gasteiger partial charge in [0.2, 0.25) is 15.9 Å². The van der Waals surface area contributed by atoms with Crippen LogP contribution in [0.5, 0.6) is 0 Å². The topological polar surface area (TPSA) is 69.7 Å². The Kier molecular flexibility index (Phi) is 6.95. The van der Waals surface area contributed by atoms with E-state index in [1.165, 1.54) is 15.9 Å². The summed E-state index contributed by atoms with van der Waals surface area (Å²) >= 11 is 6.06. The number of hydrogen-bond acceptors (Lipinski definition) is 4. The number of benzene rings is 2. The molecule has 1 fully saturated rings. The van der Waals surface area contributed by atoms with Crippen molar-refractivity contribution >= 4 is 33.2 Å². The van der Waals surface area contributed by atoms with E-state index in [0.29, 0.717) is 32.1 Å². The zero-order valence-corrected chi connectivity index (χ0v) is 18.2. The zero-order chi connectivity index (χ0) is 21.0. The second-order valence-corrected chi connectivity index (χ2v) is 9.75. The number of carbonyl (C=O) groups excluding carboxylic acids is 1. The average Bonchev–Trinajstić information content (AvgIpc) is 2.69. The van der Waals surface area contributed by atoms with Gasteiger partial charge < -0.3 is 5.32 Å². The van der Waals surface area contributed by atoms with Crippen LogP contribution in [0, 0.1) is 0 Å². The van der Waals surface area contributed by atoms with E-state index in [-0.39, 0.29) is 22.4 Å². The number of rotatable bonds is 6. The number of amides is 1. The van der Waals surface area contributed by atoms with E-state index in [4.69, 9.17) is 11.6 Å². The van der Waals surface area contributed by atoms with Gasteiger partial charge in [0, 0.05) is 31.9 Å². The van der Waals surface area contributed by atoms with Crippen LogP contribution in [0.3, 0.4) is 0 Å². The number of nitrogens with one attached hydrogen (secondary N) is 1. The fourth-order valence-corrected chi connectivity index (χ4v) is 5.19. The van der Waals surface area contributed by atoms with E-state index in [1.807, 2.05) is 29.2 Å². The maximum absolute atomic E-state index is 12.8. The van der Waals surface area contributed by atoms with Crippen molar-refractivity contribution in [2.75, 3.05) is 38.0 Å². The summed E-state index contributed by atoms with van der Waals surface area (Å²) in [4.78, 5) is 14.4. The van der Waals surface area contributed by atoms with Crippen molar-refractivity contribution in [3.63, 3.8) is 0 Å². The Bertz CT molecular complexity index is 953. The molecule has 1 heterocycles. The first-order valence-electron chi connectivity index (χ1n) is 9.64. The van der Waals surface area contributed by atoms with Crippen LogP contribution < -0.4 is 5.32 Å². The molecule has 29 heavy (non-hydrogen) atoms. The molecule has 2 aromatic rings. The minimum atomic E-state index is -3.63. The van der Waals surface area contributed by atoms with Gasteiger partial charge in [-0.1, -0.05) is 49.7 Å². The molecule has 8 heteroatoms. The molecule has 6 nitrogen and oxygen atoms in total. The van der Waals surface area contributed by atoms with Gasteiger partial charge in [-0.25, -0.2) is 8.42 Å². The number of carbonyl (C=O) groups is 1. The van der Waals surface area contributed by atoms with E-state index in [2.05, 4.69) is 19.2 Å². The van der Waals surface area contributed by atoms with E-state index >= 15 is 0 Å². The molecular weight excluding hydrogens is 410 g/mol. The third-order valence-corrected chi connectivity index (χ3v) is 7.41. The normalized spacial score (nSPS) is 16.1. The average molecular weight is 436 g/mol. The first kappa shape index (κ1) is 21.8. The predicted octanol–water partition coefficient (Wildman–Crippen LogP) is 3.41. The number of anilines is 1. The van der Waals surface area contributed by atoms with E-state index in [9.17, 15) is 13.2 Å². The van der Waals surface area contributed by atoms with Crippen LogP contribution in [0.2, 0.25) is 5.02 Å². The van der Waals surface area contributed by atoms with Crippen LogP contribution >= 0.6 is 11.6 Å². The number of nitrogens with zero attached hydrogens (tertiary/aromatic N) is 2. The van der Waals surface area contributed by atoms with Gasteiger partial charge in [-0.3, -0.25) is 9.69 Å². The second kappa shape index (κ2) is 9.26. The monoisotopic (exact) mass is 435 g/mol. The molecule has 0 aromatic heterocycles. The van der Waals surface area contributed by atoms with E-state index in [0.717, 1.165) is 5.69 Å². The summed E-state index contributed by atoms with van der Waals surface area (Å²) in [6.45, 7) is 6.10. The fourth-order valence-electron chi connectivity index (χ4n) is 3.28. The van der Waals surface area contributed by atoms with E-state index < -0.39 is 10.0 Å². The van der Waals surface area contributed by atoms with Gasteiger partial charge in [0.05, 0.1) is 11.6 Å². The van der Waals surface area contributed by atoms with Crippen LogP contribution in [0.1, 0.15) is 25.3 Å². The Hall–Kier alpha value is -1.93. The van der Waals surface area contributed by atoms with Gasteiger partial charge >= 0.3 is 0 Å². The minimum Gasteiger partial charge on any atom is -0.325 e. The number of piperazine rings is 1. The molecule has 0 bridgehead atoms. The van der Waals surface area contributed by atoms with Gasteiger partial charge in [-0.05, 0) is 35.7 Å². The third-order valence-electron chi connectivity index (χ3n) is 5.01. The number of hydrogen-bond donors (Lipinski definition) is 1. The molecule has 0 atom stereocenters. The predicted molar refractivity (Wildman–Crippen MR) is 116 cm³/mol. The number of halogens is 1. The maximum atomic E-state index is 12.8. The van der Waals surface area contributed by atoms with E-state index in [1.54, 1.807) is 18.2 Å². The molecule has 0 unspecified atom stereocenters. The Morgan fingerprint density at radius 2 is 1.66 bits per heavy atom. The van der Waals surface area contributed by atoms with Gasteiger partial charge in [-0.2, -0.15) is 4.31 Å². The summed E-state index contributed by atoms with van der Waals surface area (Å²) in [6, 6.07) is 14.3. The lowest BCUT2D eigenvalue weighted by molar-refractivity contribution is -0.117. The summed E-state index contributed by atoms with van der Waals surface area (Å²) < 4.78 is 27.0. The molecule has 0 saturated carbocycles. The smallest absolute Gasteiger partial charge is 0.244 e. The van der Waals surface area contributed by atoms with Crippen LogP contribution in [0.15, 0.2) is 53.4 Å². The Morgan fingerprint density at radius 1 is 1.03 bits per heavy atom. The van der Waals surface area contributed by atoms with Crippen molar-refractivity contribution in [1.82, 2.24) is 9.21 Å². The van der Waals surface area contributed by atoms with Crippen LogP contribution in [-0.2, 0) is 14.8 Å². The Morgan fingerprint density at radius 3 is 2.24 bits per heavy atom. The minimum absolute atomic E-state index is 0.107. The van der Waals surface area contributed by atoms with Crippen molar-refractivity contribution in [3.8, 4) is 0 Å². The van der Waals surface area contributed by atoms with Crippen molar-refractivity contribution < 1.29 is 13.2 Å². The standard InChI is InChI=1S/C21H26ClN3O3S/c1-16(2)17-7-9-18(10-8-17)23-21(26)15-24-11-13-25(14-12-24)29(27,28)20-6-4-3-5-19(20)22/h3-10,16H,11-15H2,1-2H3,(H,23,26). The molecule has 3 rings (SSSR count). The fraction of sp³-hybridized carbons (Fsp3) is 0.381. The van der Waals surface area contributed by atoms with Crippen LogP contribution in [-0.4, -0.2) is 56.3 Å². The molecule has 1 amide bonds. The molecule has 1 N–H and O–H groups in total. The first-order valence-corrected chi connectivity index (χ1v) is 11.5. The lowest BCUT2D eigenvalue weighted by Gasteiger charge is -2.33. The summed E-state index contributed by atoms with van der Waals surface area (Å²) in [5.74, 6) is 0.336. The second-order valence-electron chi connectivity index (χ2n) is 7.44. The van der Waals surface area contributed by atoms with Gasteiger partial charge in [0.15, 0.2) is 0 Å². The SMILES string of the molecule is CC(C)c1ccc(NC(=O)CN2CCN(S(=O)(=O)c3ccccc3Cl)CC2)cc1. The van der Waals surface area contributed by atoms with Gasteiger partial charge in [0.1, 0.15) is 4.90 Å². The van der Waals surface area contributed by atoms with Crippen molar-refractivity contribution in [2.45, 2.75) is 24.7 Å². The molecular formula is C21H26ClN3O3S. The third kappa shape index (κ3) is 5.36. The first-order chi connectivity index (χ1) is 13.8. The molecule has 1 saturated heterocycles. The highest BCUT2D eigenvalue weighted by Gasteiger charge is 2.30. The maximum Gasteiger partial charge on any atom is 0.244 e. The summed E-state index contributed by atoms with van der Waals surface area (Å²) in [5, 5.41) is 3.12. The number of sulfonamides is 1. The zero-order valence-electron chi connectivity index (χ0n) is 16.6. The Labute approximate surface area is 177 Å². The molecule has 0 spiro atoms. The van der Waals surface area contributed by atoms with Crippen LogP contribution in [0.25, 0.3) is 0 Å². The summed E-state index contributed by atoms with van der Waals surface area (Å²) in [5.41, 5.74) is 1.98. The highest BCUT2D eigenvalue weighted by molar-refractivity contribution is 7.89. The molecule has 1 aliphatic heterocycles. The van der Waals surface area contributed by atoms with Gasteiger partial charge in [-0.15, -0.1) is 0 Å². The molecule has 156 valence electrons. The lowest BCUT2D eigenvalue weighted by Crippen LogP contribution is -2.50. The molecule has 2 aromatic carbocycles. The van der Waals surface area contributed by atoms with Crippen molar-refractivity contribution in [2.24, 2.45) is 0 Å². The largest absolute Gasteiger partial charge is 0.325 e. The molecule has 1 aliphatic rings. The Balaban J connectivity index is 1.53. The van der Waals surface area contributed by atoms with Gasteiger partial charge in [0.25, 0.3) is 0 Å². The van der Waals surface area contributed by atoms with Crippen LogP contribution in [0.4, 0.5) is 5.69 Å². The lowest BCUT2D eigenvalue weighted by atomic mass is 10.0. The molecule has 0 aliphatic carbocycles. The van der Waals surface area contributed by atoms with Crippen molar-refractivity contribution in [1.29, 1.82) is 0 Å². The molecule has 0 radical (unpaired) electrons. The quantitative estimate of drug-likeness (QED) is 0.754. The highest BCUT2D eigenvalue weighted by Crippen LogP contribution is 2.25. The summed E-state index contributed by atoms with van der Waals surface area (Å²) in [7, 11) is -3.63.